The third kappa shape index (κ3) is 3.89. The maximum Gasteiger partial charge on any atom is 0.0604 e. The van der Waals surface area contributed by atoms with Crippen LogP contribution in [0, 0.1) is 5.92 Å². The monoisotopic (exact) mass is 321 g/mol. The van der Waals surface area contributed by atoms with Crippen molar-refractivity contribution in [3.05, 3.63) is 71.8 Å². The van der Waals surface area contributed by atoms with Crippen LogP contribution < -0.4 is 0 Å². The van der Waals surface area contributed by atoms with E-state index in [2.05, 4.69) is 79.4 Å². The Morgan fingerprint density at radius 1 is 0.875 bits per heavy atom. The number of likely N-dealkylation sites (tertiary alicyclic amines) is 1. The summed E-state index contributed by atoms with van der Waals surface area (Å²) >= 11 is 0. The van der Waals surface area contributed by atoms with E-state index in [1.807, 2.05) is 0 Å². The van der Waals surface area contributed by atoms with Gasteiger partial charge in [0.1, 0.15) is 0 Å². The highest BCUT2D eigenvalue weighted by molar-refractivity contribution is 5.32. The van der Waals surface area contributed by atoms with Crippen LogP contribution in [-0.4, -0.2) is 17.5 Å². The first-order chi connectivity index (χ1) is 11.8. The average molecular weight is 322 g/mol. The van der Waals surface area contributed by atoms with Crippen molar-refractivity contribution in [2.75, 3.05) is 6.54 Å². The van der Waals surface area contributed by atoms with Crippen LogP contribution in [0.3, 0.4) is 0 Å². The van der Waals surface area contributed by atoms with Crippen molar-refractivity contribution in [2.24, 2.45) is 5.92 Å². The van der Waals surface area contributed by atoms with Gasteiger partial charge in [0.05, 0.1) is 6.04 Å². The SMILES string of the molecule is CCC(CC)CC1CCCN1C(c1ccccc1)c1ccccc1. The molecule has 2 aromatic carbocycles. The van der Waals surface area contributed by atoms with Crippen LogP contribution in [0.4, 0.5) is 0 Å². The first kappa shape index (κ1) is 17.2. The molecule has 1 atom stereocenters. The Bertz CT molecular complexity index is 548. The molecule has 0 aliphatic carbocycles. The molecule has 1 nitrogen and oxygen atoms in total. The van der Waals surface area contributed by atoms with E-state index in [0.717, 1.165) is 12.0 Å². The minimum atomic E-state index is 0.397. The van der Waals surface area contributed by atoms with Crippen LogP contribution in [0.15, 0.2) is 60.7 Å². The smallest absolute Gasteiger partial charge is 0.0604 e. The molecular weight excluding hydrogens is 290 g/mol. The number of nitrogens with zero attached hydrogens (tertiary/aromatic N) is 1. The molecule has 1 heteroatoms. The normalized spacial score (nSPS) is 18.6. The number of hydrogen-bond donors (Lipinski definition) is 0. The number of benzene rings is 2. The molecule has 0 spiro atoms. The summed E-state index contributed by atoms with van der Waals surface area (Å²) in [4.78, 5) is 2.78. The Morgan fingerprint density at radius 2 is 1.42 bits per heavy atom. The van der Waals surface area contributed by atoms with Gasteiger partial charge in [0.25, 0.3) is 0 Å². The van der Waals surface area contributed by atoms with Crippen LogP contribution in [0.25, 0.3) is 0 Å². The van der Waals surface area contributed by atoms with Gasteiger partial charge in [0.2, 0.25) is 0 Å². The van der Waals surface area contributed by atoms with Gasteiger partial charge in [-0.1, -0.05) is 87.4 Å². The molecule has 1 heterocycles. The van der Waals surface area contributed by atoms with E-state index in [4.69, 9.17) is 0 Å². The summed E-state index contributed by atoms with van der Waals surface area (Å²) < 4.78 is 0. The average Bonchev–Trinajstić information content (AvgIpc) is 3.09. The molecule has 0 aromatic heterocycles. The minimum Gasteiger partial charge on any atom is -0.289 e. The summed E-state index contributed by atoms with van der Waals surface area (Å²) in [6.07, 6.45) is 6.65. The van der Waals surface area contributed by atoms with Crippen molar-refractivity contribution in [3.63, 3.8) is 0 Å². The second-order valence-electron chi connectivity index (χ2n) is 7.18. The highest BCUT2D eigenvalue weighted by Gasteiger charge is 2.33. The summed E-state index contributed by atoms with van der Waals surface area (Å²) in [7, 11) is 0. The van der Waals surface area contributed by atoms with Crippen molar-refractivity contribution in [1.29, 1.82) is 0 Å². The van der Waals surface area contributed by atoms with E-state index in [0.29, 0.717) is 6.04 Å². The molecule has 0 saturated carbocycles. The summed E-state index contributed by atoms with van der Waals surface area (Å²) in [6, 6.07) is 23.3. The topological polar surface area (TPSA) is 3.24 Å². The Labute approximate surface area is 147 Å². The second-order valence-corrected chi connectivity index (χ2v) is 7.18. The van der Waals surface area contributed by atoms with E-state index in [9.17, 15) is 0 Å². The predicted molar refractivity (Wildman–Crippen MR) is 103 cm³/mol. The molecule has 0 amide bonds. The van der Waals surface area contributed by atoms with Crippen LogP contribution in [0.1, 0.15) is 63.1 Å². The van der Waals surface area contributed by atoms with Gasteiger partial charge in [0, 0.05) is 6.04 Å². The highest BCUT2D eigenvalue weighted by atomic mass is 15.2. The molecule has 0 N–H and O–H groups in total. The predicted octanol–water partition coefficient (Wildman–Crippen LogP) is 6.07. The lowest BCUT2D eigenvalue weighted by Crippen LogP contribution is -2.35. The molecular formula is C23H31N. The summed E-state index contributed by atoms with van der Waals surface area (Å²) in [6.45, 7) is 5.91. The number of rotatable bonds is 7. The van der Waals surface area contributed by atoms with E-state index in [1.165, 1.54) is 49.8 Å². The molecule has 0 radical (unpaired) electrons. The Balaban J connectivity index is 1.90. The zero-order valence-corrected chi connectivity index (χ0v) is 15.2. The zero-order valence-electron chi connectivity index (χ0n) is 15.2. The molecule has 1 saturated heterocycles. The van der Waals surface area contributed by atoms with Gasteiger partial charge in [-0.3, -0.25) is 4.90 Å². The first-order valence-corrected chi connectivity index (χ1v) is 9.69. The standard InChI is InChI=1S/C23H31N/c1-3-19(4-2)18-22-16-11-17-24(22)23(20-12-7-5-8-13-20)21-14-9-6-10-15-21/h5-10,12-15,19,22-23H,3-4,11,16-18H2,1-2H3. The van der Waals surface area contributed by atoms with E-state index in [-0.39, 0.29) is 0 Å². The zero-order chi connectivity index (χ0) is 16.8. The van der Waals surface area contributed by atoms with Gasteiger partial charge in [-0.05, 0) is 42.9 Å². The molecule has 1 unspecified atom stereocenters. The van der Waals surface area contributed by atoms with E-state index >= 15 is 0 Å². The molecule has 128 valence electrons. The highest BCUT2D eigenvalue weighted by Crippen LogP contribution is 2.37. The fraction of sp³-hybridized carbons (Fsp3) is 0.478. The molecule has 24 heavy (non-hydrogen) atoms. The molecule has 3 rings (SSSR count). The summed E-state index contributed by atoms with van der Waals surface area (Å²) in [5.74, 6) is 0.864. The van der Waals surface area contributed by atoms with Crippen molar-refractivity contribution < 1.29 is 0 Å². The fourth-order valence-corrected chi connectivity index (χ4v) is 4.30. The quantitative estimate of drug-likeness (QED) is 0.598. The Morgan fingerprint density at radius 3 is 1.92 bits per heavy atom. The third-order valence-electron chi connectivity index (χ3n) is 5.75. The van der Waals surface area contributed by atoms with Crippen molar-refractivity contribution in [1.82, 2.24) is 4.90 Å². The van der Waals surface area contributed by atoms with Crippen LogP contribution in [-0.2, 0) is 0 Å². The summed E-state index contributed by atoms with van der Waals surface area (Å²) in [5, 5.41) is 0. The number of hydrogen-bond acceptors (Lipinski definition) is 1. The lowest BCUT2D eigenvalue weighted by Gasteiger charge is -2.35. The largest absolute Gasteiger partial charge is 0.289 e. The molecule has 1 aliphatic heterocycles. The van der Waals surface area contributed by atoms with Gasteiger partial charge in [-0.15, -0.1) is 0 Å². The maximum atomic E-state index is 2.78. The van der Waals surface area contributed by atoms with Crippen LogP contribution >= 0.6 is 0 Å². The van der Waals surface area contributed by atoms with E-state index in [1.54, 1.807) is 0 Å². The maximum absolute atomic E-state index is 2.78. The van der Waals surface area contributed by atoms with Crippen LogP contribution in [0.5, 0.6) is 0 Å². The third-order valence-corrected chi connectivity index (χ3v) is 5.75. The second kappa shape index (κ2) is 8.48. The fourth-order valence-electron chi connectivity index (χ4n) is 4.30. The van der Waals surface area contributed by atoms with E-state index < -0.39 is 0 Å². The molecule has 0 bridgehead atoms. The summed E-state index contributed by atoms with van der Waals surface area (Å²) in [5.41, 5.74) is 2.86. The minimum absolute atomic E-state index is 0.397. The lowest BCUT2D eigenvalue weighted by molar-refractivity contribution is 0.176. The molecule has 2 aromatic rings. The van der Waals surface area contributed by atoms with Gasteiger partial charge >= 0.3 is 0 Å². The van der Waals surface area contributed by atoms with Gasteiger partial charge in [-0.2, -0.15) is 0 Å². The molecule has 1 aliphatic rings. The van der Waals surface area contributed by atoms with Gasteiger partial charge < -0.3 is 0 Å². The van der Waals surface area contributed by atoms with Gasteiger partial charge in [0.15, 0.2) is 0 Å². The van der Waals surface area contributed by atoms with Crippen molar-refractivity contribution in [2.45, 2.75) is 58.0 Å². The lowest BCUT2D eigenvalue weighted by atomic mass is 9.91. The van der Waals surface area contributed by atoms with Gasteiger partial charge in [-0.25, -0.2) is 0 Å². The first-order valence-electron chi connectivity index (χ1n) is 9.69. The molecule has 1 fully saturated rings. The Hall–Kier alpha value is -1.60. The van der Waals surface area contributed by atoms with Crippen molar-refractivity contribution >= 4 is 0 Å². The van der Waals surface area contributed by atoms with Crippen LogP contribution in [0.2, 0.25) is 0 Å². The van der Waals surface area contributed by atoms with Crippen molar-refractivity contribution in [3.8, 4) is 0 Å². The Kier molecular flexibility index (Phi) is 6.09.